The first-order valence-electron chi connectivity index (χ1n) is 10.2. The number of hydrogen-bond donors (Lipinski definition) is 1. The van der Waals surface area contributed by atoms with Crippen molar-refractivity contribution in [1.29, 1.82) is 0 Å². The van der Waals surface area contributed by atoms with Crippen LogP contribution in [0.3, 0.4) is 0 Å². The maximum atomic E-state index is 12.7. The van der Waals surface area contributed by atoms with Crippen LogP contribution in [-0.2, 0) is 16.1 Å². The van der Waals surface area contributed by atoms with Gasteiger partial charge >= 0.3 is 0 Å². The highest BCUT2D eigenvalue weighted by molar-refractivity contribution is 5.92. The fourth-order valence-electron chi connectivity index (χ4n) is 3.76. The second-order valence-electron chi connectivity index (χ2n) is 7.68. The first-order chi connectivity index (χ1) is 14.2. The first kappa shape index (κ1) is 19.5. The van der Waals surface area contributed by atoms with Gasteiger partial charge < -0.3 is 14.6 Å². The minimum atomic E-state index is -0.190. The highest BCUT2D eigenvalue weighted by Gasteiger charge is 2.49. The van der Waals surface area contributed by atoms with Crippen molar-refractivity contribution in [2.45, 2.75) is 13.0 Å². The lowest BCUT2D eigenvalue weighted by Gasteiger charge is -2.34. The first-order valence-corrected chi connectivity index (χ1v) is 10.2. The van der Waals surface area contributed by atoms with Gasteiger partial charge in [0.2, 0.25) is 11.8 Å². The molecule has 2 fully saturated rings. The third-order valence-corrected chi connectivity index (χ3v) is 5.62. The summed E-state index contributed by atoms with van der Waals surface area (Å²) >= 11 is 0. The van der Waals surface area contributed by atoms with Crippen LogP contribution < -0.4 is 5.32 Å². The number of furan rings is 1. The molecule has 0 spiro atoms. The second-order valence-corrected chi connectivity index (χ2v) is 7.68. The van der Waals surface area contributed by atoms with E-state index in [2.05, 4.69) is 34.5 Å². The van der Waals surface area contributed by atoms with E-state index >= 15 is 0 Å². The van der Waals surface area contributed by atoms with Crippen molar-refractivity contribution in [1.82, 2.24) is 15.1 Å². The van der Waals surface area contributed by atoms with Crippen molar-refractivity contribution in [3.8, 4) is 0 Å². The molecule has 2 unspecified atom stereocenters. The van der Waals surface area contributed by atoms with Gasteiger partial charge in [0.05, 0.1) is 24.6 Å². The number of piperazine rings is 1. The van der Waals surface area contributed by atoms with Gasteiger partial charge in [-0.1, -0.05) is 42.5 Å². The predicted octanol–water partition coefficient (Wildman–Crippen LogP) is 2.39. The van der Waals surface area contributed by atoms with Crippen LogP contribution in [0.25, 0.3) is 6.08 Å². The van der Waals surface area contributed by atoms with Gasteiger partial charge in [-0.05, 0) is 24.1 Å². The van der Waals surface area contributed by atoms with Crippen LogP contribution in [0.4, 0.5) is 0 Å². The molecule has 2 aromatic rings. The third kappa shape index (κ3) is 5.15. The highest BCUT2D eigenvalue weighted by Crippen LogP contribution is 2.40. The monoisotopic (exact) mass is 393 g/mol. The summed E-state index contributed by atoms with van der Waals surface area (Å²) in [5.74, 6) is 0.451. The zero-order valence-electron chi connectivity index (χ0n) is 16.5. The molecule has 2 atom stereocenters. The summed E-state index contributed by atoms with van der Waals surface area (Å²) in [6, 6.07) is 13.9. The van der Waals surface area contributed by atoms with E-state index in [1.54, 1.807) is 12.3 Å². The van der Waals surface area contributed by atoms with E-state index in [0.717, 1.165) is 38.5 Å². The molecule has 1 saturated heterocycles. The van der Waals surface area contributed by atoms with E-state index in [1.165, 1.54) is 5.56 Å². The molecule has 6 heteroatoms. The van der Waals surface area contributed by atoms with E-state index in [-0.39, 0.29) is 23.7 Å². The Kier molecular flexibility index (Phi) is 6.10. The average molecular weight is 393 g/mol. The van der Waals surface area contributed by atoms with Gasteiger partial charge in [0.15, 0.2) is 0 Å². The Morgan fingerprint density at radius 1 is 1.03 bits per heavy atom. The molecule has 0 radical (unpaired) electrons. The van der Waals surface area contributed by atoms with Crippen LogP contribution >= 0.6 is 0 Å². The highest BCUT2D eigenvalue weighted by atomic mass is 16.3. The average Bonchev–Trinajstić information content (AvgIpc) is 3.39. The molecule has 1 aliphatic carbocycles. The largest absolute Gasteiger partial charge is 0.467 e. The summed E-state index contributed by atoms with van der Waals surface area (Å²) in [6.45, 7) is 4.46. The SMILES string of the molecule is O=C(NCc1ccco1)C1CC1C(=O)N1CCN(C/C=C/c2ccccc2)CC1. The van der Waals surface area contributed by atoms with Gasteiger partial charge in [0.1, 0.15) is 5.76 Å². The molecule has 6 nitrogen and oxygen atoms in total. The summed E-state index contributed by atoms with van der Waals surface area (Å²) in [5, 5.41) is 2.86. The molecule has 1 aliphatic heterocycles. The van der Waals surface area contributed by atoms with Crippen molar-refractivity contribution >= 4 is 17.9 Å². The van der Waals surface area contributed by atoms with Crippen LogP contribution in [0.1, 0.15) is 17.7 Å². The minimum absolute atomic E-state index is 0.0514. The molecular formula is C23H27N3O3. The number of nitrogens with one attached hydrogen (secondary N) is 1. The molecule has 2 amide bonds. The van der Waals surface area contributed by atoms with Gasteiger partial charge in [-0.3, -0.25) is 14.5 Å². The smallest absolute Gasteiger partial charge is 0.226 e. The van der Waals surface area contributed by atoms with Gasteiger partial charge in [-0.2, -0.15) is 0 Å². The van der Waals surface area contributed by atoms with Crippen molar-refractivity contribution < 1.29 is 14.0 Å². The van der Waals surface area contributed by atoms with Crippen LogP contribution in [0, 0.1) is 11.8 Å². The Morgan fingerprint density at radius 2 is 1.83 bits per heavy atom. The van der Waals surface area contributed by atoms with Crippen LogP contribution in [-0.4, -0.2) is 54.3 Å². The zero-order chi connectivity index (χ0) is 20.1. The molecule has 29 heavy (non-hydrogen) atoms. The number of carbonyl (C=O) groups is 2. The lowest BCUT2D eigenvalue weighted by atomic mass is 10.2. The van der Waals surface area contributed by atoms with E-state index in [0.29, 0.717) is 13.0 Å². The molecular weight excluding hydrogens is 366 g/mol. The molecule has 1 saturated carbocycles. The summed E-state index contributed by atoms with van der Waals surface area (Å²) in [4.78, 5) is 29.2. The quantitative estimate of drug-likeness (QED) is 0.785. The summed E-state index contributed by atoms with van der Waals surface area (Å²) in [7, 11) is 0. The number of nitrogens with zero attached hydrogens (tertiary/aromatic N) is 2. The van der Waals surface area contributed by atoms with E-state index < -0.39 is 0 Å². The molecule has 1 aromatic heterocycles. The van der Waals surface area contributed by atoms with Gasteiger partial charge in [-0.25, -0.2) is 0 Å². The Labute approximate surface area is 171 Å². The molecule has 152 valence electrons. The summed E-state index contributed by atoms with van der Waals surface area (Å²) < 4.78 is 5.22. The molecule has 0 bridgehead atoms. The minimum Gasteiger partial charge on any atom is -0.467 e. The fourth-order valence-corrected chi connectivity index (χ4v) is 3.76. The molecule has 2 aliphatic rings. The number of hydrogen-bond acceptors (Lipinski definition) is 4. The predicted molar refractivity (Wildman–Crippen MR) is 111 cm³/mol. The lowest BCUT2D eigenvalue weighted by Crippen LogP contribution is -2.49. The Balaban J connectivity index is 1.17. The number of carbonyl (C=O) groups excluding carboxylic acids is 2. The van der Waals surface area contributed by atoms with Crippen LogP contribution in [0.2, 0.25) is 0 Å². The number of rotatable bonds is 7. The van der Waals surface area contributed by atoms with Gasteiger partial charge in [0.25, 0.3) is 0 Å². The maximum Gasteiger partial charge on any atom is 0.226 e. The molecule has 4 rings (SSSR count). The Bertz CT molecular complexity index is 840. The summed E-state index contributed by atoms with van der Waals surface area (Å²) in [6.07, 6.45) is 6.55. The van der Waals surface area contributed by atoms with Crippen molar-refractivity contribution in [3.05, 3.63) is 66.1 Å². The maximum absolute atomic E-state index is 12.7. The topological polar surface area (TPSA) is 65.8 Å². The summed E-state index contributed by atoms with van der Waals surface area (Å²) in [5.41, 5.74) is 1.20. The Morgan fingerprint density at radius 3 is 2.55 bits per heavy atom. The Hall–Kier alpha value is -2.86. The van der Waals surface area contributed by atoms with Crippen molar-refractivity contribution in [2.75, 3.05) is 32.7 Å². The van der Waals surface area contributed by atoms with Gasteiger partial charge in [-0.15, -0.1) is 0 Å². The van der Waals surface area contributed by atoms with Crippen molar-refractivity contribution in [3.63, 3.8) is 0 Å². The van der Waals surface area contributed by atoms with Crippen LogP contribution in [0.5, 0.6) is 0 Å². The second kappa shape index (κ2) is 9.09. The van der Waals surface area contributed by atoms with E-state index in [9.17, 15) is 9.59 Å². The third-order valence-electron chi connectivity index (χ3n) is 5.62. The molecule has 1 aromatic carbocycles. The molecule has 1 N–H and O–H groups in total. The van der Waals surface area contributed by atoms with E-state index in [1.807, 2.05) is 29.2 Å². The molecule has 2 heterocycles. The van der Waals surface area contributed by atoms with E-state index in [4.69, 9.17) is 4.42 Å². The van der Waals surface area contributed by atoms with Crippen molar-refractivity contribution in [2.24, 2.45) is 11.8 Å². The normalized spacial score (nSPS) is 22.0. The number of benzene rings is 1. The zero-order valence-corrected chi connectivity index (χ0v) is 16.5. The lowest BCUT2D eigenvalue weighted by molar-refractivity contribution is -0.136. The van der Waals surface area contributed by atoms with Crippen LogP contribution in [0.15, 0.2) is 59.2 Å². The van der Waals surface area contributed by atoms with Gasteiger partial charge in [0, 0.05) is 32.7 Å². The standard InChI is InChI=1S/C23H27N3O3/c27-22(24-17-19-9-5-15-29-19)20-16-21(20)23(28)26-13-11-25(12-14-26)10-4-8-18-6-2-1-3-7-18/h1-9,15,20-21H,10-14,16-17H2,(H,24,27)/b8-4+. The number of amides is 2. The fraction of sp³-hybridized carbons (Fsp3) is 0.391.